The second-order valence-corrected chi connectivity index (χ2v) is 5.79. The van der Waals surface area contributed by atoms with Crippen LogP contribution < -0.4 is 0 Å². The maximum absolute atomic E-state index is 11.3. The van der Waals surface area contributed by atoms with Crippen molar-refractivity contribution < 1.29 is 9.90 Å². The van der Waals surface area contributed by atoms with E-state index < -0.39 is 11.4 Å². The molecule has 1 aromatic rings. The third kappa shape index (κ3) is 3.57. The van der Waals surface area contributed by atoms with Crippen molar-refractivity contribution in [3.05, 3.63) is 35.4 Å². The number of rotatable bonds is 5. The molecule has 0 heterocycles. The number of aryl methyl sites for hydroxylation is 1. The van der Waals surface area contributed by atoms with Gasteiger partial charge < -0.3 is 10.0 Å². The van der Waals surface area contributed by atoms with Gasteiger partial charge in [-0.25, -0.2) is 0 Å². The summed E-state index contributed by atoms with van der Waals surface area (Å²) in [6.45, 7) is 5.61. The number of hydrogen-bond acceptors (Lipinski definition) is 2. The first-order valence-corrected chi connectivity index (χ1v) is 6.20. The largest absolute Gasteiger partial charge is 0.481 e. The Labute approximate surface area is 109 Å². The Hall–Kier alpha value is -1.35. The lowest BCUT2D eigenvalue weighted by Gasteiger charge is -2.31. The lowest BCUT2D eigenvalue weighted by Crippen LogP contribution is -2.31. The van der Waals surface area contributed by atoms with Crippen LogP contribution in [0.2, 0.25) is 0 Å². The molecule has 3 nitrogen and oxygen atoms in total. The van der Waals surface area contributed by atoms with Crippen LogP contribution >= 0.6 is 0 Å². The number of carboxylic acids is 1. The normalized spacial score (nSPS) is 13.7. The van der Waals surface area contributed by atoms with Gasteiger partial charge in [0.05, 0.1) is 5.41 Å². The van der Waals surface area contributed by atoms with Gasteiger partial charge in [-0.05, 0) is 46.9 Å². The molecular weight excluding hydrogens is 226 g/mol. The van der Waals surface area contributed by atoms with E-state index in [9.17, 15) is 9.90 Å². The van der Waals surface area contributed by atoms with Crippen LogP contribution in [0, 0.1) is 12.3 Å². The highest BCUT2D eigenvalue weighted by Gasteiger charge is 2.32. The fourth-order valence-electron chi connectivity index (χ4n) is 2.05. The fourth-order valence-corrected chi connectivity index (χ4v) is 2.05. The highest BCUT2D eigenvalue weighted by molar-refractivity contribution is 5.73. The molecule has 1 atom stereocenters. The molecule has 0 radical (unpaired) electrons. The monoisotopic (exact) mass is 249 g/mol. The lowest BCUT2D eigenvalue weighted by atomic mass is 9.83. The summed E-state index contributed by atoms with van der Waals surface area (Å²) >= 11 is 0. The summed E-state index contributed by atoms with van der Waals surface area (Å²) in [4.78, 5) is 13.3. The Morgan fingerprint density at radius 2 is 2.00 bits per heavy atom. The van der Waals surface area contributed by atoms with E-state index in [1.807, 2.05) is 20.2 Å². The number of hydrogen-bond donors (Lipinski definition) is 1. The highest BCUT2D eigenvalue weighted by atomic mass is 16.4. The summed E-state index contributed by atoms with van der Waals surface area (Å²) in [6.07, 6.45) is 0.596. The molecule has 0 saturated heterocycles. The van der Waals surface area contributed by atoms with Crippen LogP contribution in [0.3, 0.4) is 0 Å². The molecule has 0 fully saturated rings. The van der Waals surface area contributed by atoms with E-state index in [1.165, 1.54) is 11.1 Å². The molecule has 0 aromatic heterocycles. The van der Waals surface area contributed by atoms with Crippen LogP contribution in [-0.2, 0) is 4.79 Å². The van der Waals surface area contributed by atoms with Gasteiger partial charge in [0.25, 0.3) is 0 Å². The molecule has 0 aliphatic carbocycles. The molecule has 0 bridgehead atoms. The maximum atomic E-state index is 11.3. The van der Waals surface area contributed by atoms with Crippen LogP contribution in [0.25, 0.3) is 0 Å². The smallest absolute Gasteiger partial charge is 0.309 e. The molecule has 0 spiro atoms. The van der Waals surface area contributed by atoms with Crippen LogP contribution in [0.1, 0.15) is 37.4 Å². The van der Waals surface area contributed by atoms with Gasteiger partial charge in [0.2, 0.25) is 0 Å². The molecule has 0 aliphatic heterocycles. The predicted molar refractivity (Wildman–Crippen MR) is 73.6 cm³/mol. The van der Waals surface area contributed by atoms with Crippen LogP contribution in [-0.4, -0.2) is 30.1 Å². The summed E-state index contributed by atoms with van der Waals surface area (Å²) < 4.78 is 0. The number of carbonyl (C=O) groups is 1. The van der Waals surface area contributed by atoms with Crippen LogP contribution in [0.4, 0.5) is 0 Å². The van der Waals surface area contributed by atoms with E-state index in [1.54, 1.807) is 13.8 Å². The molecule has 1 unspecified atom stereocenters. The van der Waals surface area contributed by atoms with Crippen molar-refractivity contribution in [1.82, 2.24) is 4.90 Å². The second kappa shape index (κ2) is 5.53. The first-order chi connectivity index (χ1) is 8.24. The molecule has 18 heavy (non-hydrogen) atoms. The van der Waals surface area contributed by atoms with Crippen molar-refractivity contribution in [2.75, 3.05) is 14.1 Å². The van der Waals surface area contributed by atoms with E-state index in [0.717, 1.165) is 0 Å². The minimum atomic E-state index is -0.748. The summed E-state index contributed by atoms with van der Waals surface area (Å²) in [5.41, 5.74) is 1.65. The van der Waals surface area contributed by atoms with Gasteiger partial charge in [-0.3, -0.25) is 4.79 Å². The minimum absolute atomic E-state index is 0.121. The Morgan fingerprint density at radius 1 is 1.39 bits per heavy atom. The second-order valence-electron chi connectivity index (χ2n) is 5.79. The third-order valence-corrected chi connectivity index (χ3v) is 3.33. The number of carboxylic acid groups (broad SMARTS) is 1. The lowest BCUT2D eigenvalue weighted by molar-refractivity contribution is -0.148. The van der Waals surface area contributed by atoms with Crippen molar-refractivity contribution in [3.63, 3.8) is 0 Å². The van der Waals surface area contributed by atoms with Crippen molar-refractivity contribution in [2.45, 2.75) is 33.2 Å². The molecule has 0 saturated carbocycles. The molecule has 0 amide bonds. The van der Waals surface area contributed by atoms with Gasteiger partial charge in [0.1, 0.15) is 0 Å². The van der Waals surface area contributed by atoms with Gasteiger partial charge in [0.15, 0.2) is 0 Å². The van der Waals surface area contributed by atoms with Gasteiger partial charge in [0, 0.05) is 6.04 Å². The molecule has 3 heteroatoms. The zero-order valence-corrected chi connectivity index (χ0v) is 11.9. The maximum Gasteiger partial charge on any atom is 0.309 e. The molecule has 1 N–H and O–H groups in total. The average Bonchev–Trinajstić information content (AvgIpc) is 2.25. The van der Waals surface area contributed by atoms with Gasteiger partial charge in [-0.2, -0.15) is 0 Å². The van der Waals surface area contributed by atoms with Crippen molar-refractivity contribution in [2.24, 2.45) is 5.41 Å². The molecular formula is C15H23NO2. The zero-order chi connectivity index (χ0) is 13.9. The summed E-state index contributed by atoms with van der Waals surface area (Å²) in [6, 6.07) is 8.39. The summed E-state index contributed by atoms with van der Waals surface area (Å²) in [7, 11) is 3.98. The topological polar surface area (TPSA) is 40.5 Å². The Kier molecular flexibility index (Phi) is 4.52. The predicted octanol–water partition coefficient (Wildman–Crippen LogP) is 3.10. The SMILES string of the molecule is Cc1cccc(C(CC(C)(C)C(=O)O)N(C)C)c1. The fraction of sp³-hybridized carbons (Fsp3) is 0.533. The molecule has 0 aliphatic rings. The Balaban J connectivity index is 3.01. The Bertz CT molecular complexity index is 424. The minimum Gasteiger partial charge on any atom is -0.481 e. The molecule has 1 rings (SSSR count). The Morgan fingerprint density at radius 3 is 2.44 bits per heavy atom. The van der Waals surface area contributed by atoms with E-state index >= 15 is 0 Å². The first-order valence-electron chi connectivity index (χ1n) is 6.20. The first kappa shape index (κ1) is 14.7. The van der Waals surface area contributed by atoms with E-state index in [4.69, 9.17) is 0 Å². The summed E-state index contributed by atoms with van der Waals surface area (Å²) in [5.74, 6) is -0.748. The van der Waals surface area contributed by atoms with Crippen LogP contribution in [0.15, 0.2) is 24.3 Å². The van der Waals surface area contributed by atoms with Crippen LogP contribution in [0.5, 0.6) is 0 Å². The van der Waals surface area contributed by atoms with Crippen molar-refractivity contribution in [1.29, 1.82) is 0 Å². The highest BCUT2D eigenvalue weighted by Crippen LogP contribution is 2.33. The standard InChI is InChI=1S/C15H23NO2/c1-11-7-6-8-12(9-11)13(16(4)5)10-15(2,3)14(17)18/h6-9,13H,10H2,1-5H3,(H,17,18). The van der Waals surface area contributed by atoms with Crippen molar-refractivity contribution >= 4 is 5.97 Å². The van der Waals surface area contributed by atoms with E-state index in [-0.39, 0.29) is 6.04 Å². The van der Waals surface area contributed by atoms with Gasteiger partial charge >= 0.3 is 5.97 Å². The number of nitrogens with zero attached hydrogens (tertiary/aromatic N) is 1. The van der Waals surface area contributed by atoms with Gasteiger partial charge in [-0.15, -0.1) is 0 Å². The number of aliphatic carboxylic acids is 1. The van der Waals surface area contributed by atoms with Gasteiger partial charge in [-0.1, -0.05) is 29.8 Å². The zero-order valence-electron chi connectivity index (χ0n) is 11.9. The average molecular weight is 249 g/mol. The quantitative estimate of drug-likeness (QED) is 0.871. The molecule has 100 valence electrons. The van der Waals surface area contributed by atoms with E-state index in [2.05, 4.69) is 30.0 Å². The van der Waals surface area contributed by atoms with E-state index in [0.29, 0.717) is 6.42 Å². The molecule has 1 aromatic carbocycles. The van der Waals surface area contributed by atoms with Crippen molar-refractivity contribution in [3.8, 4) is 0 Å². The number of benzene rings is 1. The third-order valence-electron chi connectivity index (χ3n) is 3.33. The summed E-state index contributed by atoms with van der Waals surface area (Å²) in [5, 5.41) is 9.25.